The molecule has 1 saturated carbocycles. The molecule has 2 aliphatic heterocycles. The second kappa shape index (κ2) is 23.9. The second-order valence-electron chi connectivity index (χ2n) is 17.1. The molecule has 8 N–H and O–H groups in total. The fourth-order valence-electron chi connectivity index (χ4n) is 7.58. The van der Waals surface area contributed by atoms with E-state index in [2.05, 4.69) is 59.0 Å². The molecule has 3 aliphatic rings. The van der Waals surface area contributed by atoms with Gasteiger partial charge in [-0.2, -0.15) is 0 Å². The van der Waals surface area contributed by atoms with Crippen LogP contribution in [0.4, 0.5) is 9.59 Å². The Morgan fingerprint density at radius 2 is 1.59 bits per heavy atom. The molecule has 18 nitrogen and oxygen atoms in total. The van der Waals surface area contributed by atoms with E-state index in [1.807, 2.05) is 27.7 Å². The van der Waals surface area contributed by atoms with Crippen molar-refractivity contribution in [3.8, 4) is 0 Å². The van der Waals surface area contributed by atoms with Crippen LogP contribution in [-0.2, 0) is 42.9 Å². The number of nitrogens with one attached hydrogen (secondary N) is 6. The smallest absolute Gasteiger partial charge is 0.407 e. The number of allylic oxidation sites excluding steroid dienone is 1. The number of ketones is 2. The third-order valence-electron chi connectivity index (χ3n) is 11.1. The first-order chi connectivity index (χ1) is 28.0. The van der Waals surface area contributed by atoms with Gasteiger partial charge in [-0.3, -0.25) is 19.2 Å². The highest BCUT2D eigenvalue weighted by atomic mass is 16.6. The summed E-state index contributed by atoms with van der Waals surface area (Å²) in [6.45, 7) is 14.5. The number of carbonyl (C=O) groups excluding carboxylic acids is 6. The minimum atomic E-state index is -0.859. The van der Waals surface area contributed by atoms with Crippen LogP contribution in [0.15, 0.2) is 11.6 Å². The predicted molar refractivity (Wildman–Crippen MR) is 219 cm³/mol. The van der Waals surface area contributed by atoms with Gasteiger partial charge in [0, 0.05) is 20.2 Å². The lowest BCUT2D eigenvalue weighted by Crippen LogP contribution is -2.56. The lowest BCUT2D eigenvalue weighted by molar-refractivity contribution is -0.138. The van der Waals surface area contributed by atoms with Crippen LogP contribution in [0.25, 0.3) is 0 Å². The van der Waals surface area contributed by atoms with Crippen LogP contribution < -0.4 is 37.9 Å². The number of methoxy groups -OCH3 is 1. The molecule has 2 heterocycles. The van der Waals surface area contributed by atoms with Crippen LogP contribution in [0.5, 0.6) is 0 Å². The first-order valence-electron chi connectivity index (χ1n) is 21.1. The molecule has 0 aromatic heterocycles. The van der Waals surface area contributed by atoms with Gasteiger partial charge in [0.05, 0.1) is 50.3 Å². The van der Waals surface area contributed by atoms with E-state index in [4.69, 9.17) is 29.4 Å². The van der Waals surface area contributed by atoms with Gasteiger partial charge >= 0.3 is 12.2 Å². The Labute approximate surface area is 349 Å². The molecule has 0 bridgehead atoms. The number of hydrogen-bond acceptors (Lipinski definition) is 14. The summed E-state index contributed by atoms with van der Waals surface area (Å²) >= 11 is 0. The second-order valence-corrected chi connectivity index (χ2v) is 17.1. The summed E-state index contributed by atoms with van der Waals surface area (Å²) in [6.07, 6.45) is 5.72. The number of hydrazine groups is 1. The van der Waals surface area contributed by atoms with Gasteiger partial charge in [0.1, 0.15) is 30.0 Å². The number of alkyl carbamates (subject to hydrolysis) is 2. The molecular weight excluding hydrogens is 766 g/mol. The molecule has 8 atom stereocenters. The Morgan fingerprint density at radius 1 is 0.915 bits per heavy atom. The highest BCUT2D eigenvalue weighted by Crippen LogP contribution is 2.59. The normalized spacial score (nSPS) is 25.4. The number of amides is 4. The molecule has 1 aliphatic carbocycles. The molecule has 18 heteroatoms. The van der Waals surface area contributed by atoms with Crippen LogP contribution >= 0.6 is 0 Å². The van der Waals surface area contributed by atoms with Crippen LogP contribution in [-0.4, -0.2) is 130 Å². The molecule has 336 valence electrons. The highest BCUT2D eigenvalue weighted by Gasteiger charge is 2.72. The van der Waals surface area contributed by atoms with Gasteiger partial charge < -0.3 is 50.7 Å². The zero-order chi connectivity index (χ0) is 43.8. The minimum Gasteiger partial charge on any atom is -0.447 e. The van der Waals surface area contributed by atoms with E-state index in [1.54, 1.807) is 7.11 Å². The van der Waals surface area contributed by atoms with Crippen molar-refractivity contribution in [2.75, 3.05) is 53.0 Å². The van der Waals surface area contributed by atoms with E-state index in [0.717, 1.165) is 32.1 Å². The summed E-state index contributed by atoms with van der Waals surface area (Å²) in [5.74, 6) is -2.32. The van der Waals surface area contributed by atoms with Crippen molar-refractivity contribution in [1.82, 2.24) is 32.1 Å². The summed E-state index contributed by atoms with van der Waals surface area (Å²) in [5, 5.41) is 10.7. The maximum absolute atomic E-state index is 13.2. The Morgan fingerprint density at radius 3 is 2.19 bits per heavy atom. The summed E-state index contributed by atoms with van der Waals surface area (Å²) in [7, 11) is 1.63. The molecule has 0 radical (unpaired) electrons. The summed E-state index contributed by atoms with van der Waals surface area (Å²) in [6, 6.07) is -1.33. The van der Waals surface area contributed by atoms with Crippen LogP contribution in [0.1, 0.15) is 99.8 Å². The molecule has 3 fully saturated rings. The summed E-state index contributed by atoms with van der Waals surface area (Å²) in [4.78, 5) is 74.1. The van der Waals surface area contributed by atoms with E-state index >= 15 is 0 Å². The third-order valence-corrected chi connectivity index (χ3v) is 11.1. The van der Waals surface area contributed by atoms with E-state index in [-0.39, 0.29) is 55.1 Å². The van der Waals surface area contributed by atoms with E-state index in [9.17, 15) is 28.8 Å². The number of hydrogen-bond donors (Lipinski definition) is 7. The van der Waals surface area contributed by atoms with Crippen molar-refractivity contribution >= 4 is 35.6 Å². The Hall–Kier alpha value is -3.68. The number of Topliss-reactive ketones (excluding diaryl/α,β-unsaturated/α-hetero) is 2. The number of epoxide rings is 2. The lowest BCUT2D eigenvalue weighted by atomic mass is 9.68. The van der Waals surface area contributed by atoms with Gasteiger partial charge in [0.25, 0.3) is 0 Å². The number of nitrogens with two attached hydrogens (primary N) is 1. The molecule has 4 amide bonds. The van der Waals surface area contributed by atoms with Crippen molar-refractivity contribution in [2.45, 2.75) is 141 Å². The largest absolute Gasteiger partial charge is 0.447 e. The van der Waals surface area contributed by atoms with Gasteiger partial charge in [0.15, 0.2) is 0 Å². The first-order valence-corrected chi connectivity index (χ1v) is 21.1. The summed E-state index contributed by atoms with van der Waals surface area (Å²) in [5.41, 5.74) is 11.2. The van der Waals surface area contributed by atoms with E-state index in [1.165, 1.54) is 5.57 Å². The third kappa shape index (κ3) is 16.0. The predicted octanol–water partition coefficient (Wildman–Crippen LogP) is 1.94. The monoisotopic (exact) mass is 838 g/mol. The van der Waals surface area contributed by atoms with Gasteiger partial charge in [-0.05, 0) is 71.1 Å². The molecular formula is C41H71N7O11. The first kappa shape index (κ1) is 49.7. The highest BCUT2D eigenvalue weighted by molar-refractivity contribution is 6.40. The number of unbranched alkanes of at least 4 members (excludes halogenated alkanes) is 3. The number of ether oxygens (including phenoxy) is 5. The average molecular weight is 838 g/mol. The fourth-order valence-corrected chi connectivity index (χ4v) is 7.58. The molecule has 1 spiro atoms. The standard InChI is InChI=1S/C41H71N7O11/c1-25(2)13-14-32-40(7,59-32)37-36(55-8)31(15-16-41(37)24-57-41)58-39(54)47-29(27(5)6)23-56-38(53)44-18-12-10-9-11-17-43-34(51)22-46-48-28(19-26(3)4)35(52)30(49)21-45-33(50)20-42/h13,26-29,31-32,36-37,46,48H,9-12,14-24,42H2,1-8H3,(H,43,51)(H,44,53)(H,45,50)(H,47,54)/t28-,29-,31?,32+,36?,37?,40?,41-/m0/s1. The molecule has 0 aromatic carbocycles. The lowest BCUT2D eigenvalue weighted by Gasteiger charge is -2.42. The summed E-state index contributed by atoms with van der Waals surface area (Å²) < 4.78 is 29.7. The Balaban J connectivity index is 1.29. The van der Waals surface area contributed by atoms with Crippen molar-refractivity contribution in [1.29, 1.82) is 0 Å². The Kier molecular flexibility index (Phi) is 20.2. The van der Waals surface area contributed by atoms with Crippen molar-refractivity contribution in [2.24, 2.45) is 23.5 Å². The average Bonchev–Trinajstić information content (AvgIpc) is 4.11. The number of carbonyl (C=O) groups is 6. The van der Waals surface area contributed by atoms with Crippen molar-refractivity contribution in [3.05, 3.63) is 11.6 Å². The van der Waals surface area contributed by atoms with E-state index in [0.29, 0.717) is 39.0 Å². The molecule has 0 aromatic rings. The quantitative estimate of drug-likeness (QED) is 0.0205. The number of rotatable bonds is 27. The van der Waals surface area contributed by atoms with Gasteiger partial charge in [-0.1, -0.05) is 52.2 Å². The maximum Gasteiger partial charge on any atom is 0.407 e. The zero-order valence-corrected chi connectivity index (χ0v) is 36.4. The Bertz CT molecular complexity index is 1450. The van der Waals surface area contributed by atoms with Crippen molar-refractivity contribution < 1.29 is 52.5 Å². The van der Waals surface area contributed by atoms with Crippen LogP contribution in [0, 0.1) is 17.8 Å². The fraction of sp³-hybridized carbons (Fsp3) is 0.805. The zero-order valence-electron chi connectivity index (χ0n) is 36.4. The van der Waals surface area contributed by atoms with E-state index < -0.39 is 66.1 Å². The van der Waals surface area contributed by atoms with Gasteiger partial charge in [-0.25, -0.2) is 20.4 Å². The van der Waals surface area contributed by atoms with Crippen LogP contribution in [0.2, 0.25) is 0 Å². The van der Waals surface area contributed by atoms with Crippen LogP contribution in [0.3, 0.4) is 0 Å². The SMILES string of the molecule is COC1C(OC(=O)N[C@@H](COC(=O)NCCCCCCNC(=O)CNN[C@@H](CC(C)C)C(=O)C(=O)CNC(=O)CN)C(C)C)CC[C@]2(CO2)C1C1(C)O[C@@H]1CC=C(C)C. The van der Waals surface area contributed by atoms with Gasteiger partial charge in [0.2, 0.25) is 23.4 Å². The molecule has 2 saturated heterocycles. The molecule has 59 heavy (non-hydrogen) atoms. The minimum absolute atomic E-state index is 0.0275. The molecule has 4 unspecified atom stereocenters. The van der Waals surface area contributed by atoms with Gasteiger partial charge in [-0.15, -0.1) is 0 Å². The van der Waals surface area contributed by atoms with Crippen molar-refractivity contribution in [3.63, 3.8) is 0 Å². The maximum atomic E-state index is 13.2. The topological polar surface area (TPSA) is 253 Å². The molecule has 3 rings (SSSR count).